The monoisotopic (exact) mass is 423 g/mol. The lowest BCUT2D eigenvalue weighted by Crippen LogP contribution is -2.49. The van der Waals surface area contributed by atoms with Gasteiger partial charge in [-0.25, -0.2) is 13.9 Å². The first-order valence-electron chi connectivity index (χ1n) is 8.08. The van der Waals surface area contributed by atoms with Crippen LogP contribution in [0, 0.1) is 11.3 Å². The maximum absolute atomic E-state index is 12.4. The van der Waals surface area contributed by atoms with Crippen molar-refractivity contribution in [2.75, 3.05) is 6.26 Å². The van der Waals surface area contributed by atoms with Crippen LogP contribution in [-0.2, 0) is 21.2 Å². The van der Waals surface area contributed by atoms with Crippen LogP contribution in [0.4, 0.5) is 0 Å². The van der Waals surface area contributed by atoms with Crippen molar-refractivity contribution in [1.82, 2.24) is 10.0 Å². The molecule has 0 saturated heterocycles. The fourth-order valence-corrected chi connectivity index (χ4v) is 3.59. The highest BCUT2D eigenvalue weighted by Crippen LogP contribution is 2.25. The third-order valence-electron chi connectivity index (χ3n) is 4.65. The number of hydroxylamine groups is 1. The second-order valence-corrected chi connectivity index (χ2v) is 9.30. The molecule has 8 nitrogen and oxygen atoms in total. The maximum Gasteiger partial charge on any atom is 0.264 e. The largest absolute Gasteiger partial charge is 0.315 e. The minimum absolute atomic E-state index is 0.0554. The number of benzene rings is 1. The Kier molecular flexibility index (Phi) is 6.29. The van der Waals surface area contributed by atoms with Crippen LogP contribution in [0.3, 0.4) is 0 Å². The lowest BCUT2D eigenvalue weighted by Gasteiger charge is -2.25. The van der Waals surface area contributed by atoms with Crippen molar-refractivity contribution < 1.29 is 18.4 Å². The second kappa shape index (κ2) is 8.14. The number of aryl methyl sites for hydroxylation is 1. The van der Waals surface area contributed by atoms with E-state index in [4.69, 9.17) is 22.1 Å². The van der Waals surface area contributed by atoms with Gasteiger partial charge < -0.3 is 4.57 Å². The summed E-state index contributed by atoms with van der Waals surface area (Å²) in [4.78, 5) is 24.3. The van der Waals surface area contributed by atoms with Gasteiger partial charge in [-0.3, -0.25) is 14.8 Å². The summed E-state index contributed by atoms with van der Waals surface area (Å²) in [7, 11) is -3.85. The van der Waals surface area contributed by atoms with Gasteiger partial charge in [0.05, 0.1) is 10.6 Å². The van der Waals surface area contributed by atoms with E-state index in [9.17, 15) is 18.0 Å². The van der Waals surface area contributed by atoms with Crippen molar-refractivity contribution in [3.8, 4) is 17.2 Å². The number of rotatable bonds is 6. The van der Waals surface area contributed by atoms with E-state index < -0.39 is 26.1 Å². The molecule has 148 valence electrons. The van der Waals surface area contributed by atoms with E-state index in [0.29, 0.717) is 16.1 Å². The number of nitrogens with one attached hydrogen (secondary N) is 1. The summed E-state index contributed by atoms with van der Waals surface area (Å²) in [5, 5.41) is 18.2. The van der Waals surface area contributed by atoms with Crippen LogP contribution < -0.4 is 11.0 Å². The zero-order chi connectivity index (χ0) is 21.1. The summed E-state index contributed by atoms with van der Waals surface area (Å²) >= 11 is 5.91. The number of amides is 1. The Balaban J connectivity index is 2.32. The van der Waals surface area contributed by atoms with Gasteiger partial charge >= 0.3 is 0 Å². The van der Waals surface area contributed by atoms with Gasteiger partial charge in [0.25, 0.3) is 11.5 Å². The molecule has 0 aliphatic carbocycles. The third kappa shape index (κ3) is 4.25. The first-order chi connectivity index (χ1) is 13.0. The number of nitrogens with zero attached hydrogens (tertiary/aromatic N) is 2. The summed E-state index contributed by atoms with van der Waals surface area (Å²) in [5.41, 5.74) is 2.43. The van der Waals surface area contributed by atoms with Gasteiger partial charge in [-0.2, -0.15) is 5.26 Å². The fraction of sp³-hybridized carbons (Fsp3) is 0.278. The molecule has 1 heterocycles. The summed E-state index contributed by atoms with van der Waals surface area (Å²) in [6, 6.07) is 9.74. The molecule has 0 aliphatic heterocycles. The molecule has 0 aliphatic rings. The van der Waals surface area contributed by atoms with Gasteiger partial charge in [-0.15, -0.1) is 0 Å². The molecular formula is C18H18ClN3O5S. The Morgan fingerprint density at radius 2 is 1.96 bits per heavy atom. The highest BCUT2D eigenvalue weighted by atomic mass is 35.5. The first kappa shape index (κ1) is 21.6. The van der Waals surface area contributed by atoms with Crippen LogP contribution in [0.2, 0.25) is 5.02 Å². The SMILES string of the molecule is CC(CCn1ccc(-c2ccc(Cl)c(C#N)c2)cc1=O)(C(=O)NO)S(C)(=O)=O. The Morgan fingerprint density at radius 3 is 2.50 bits per heavy atom. The van der Waals surface area contributed by atoms with Crippen LogP contribution in [0.15, 0.2) is 41.3 Å². The van der Waals surface area contributed by atoms with E-state index in [1.807, 2.05) is 6.07 Å². The van der Waals surface area contributed by atoms with E-state index in [0.717, 1.165) is 6.26 Å². The second-order valence-electron chi connectivity index (χ2n) is 6.45. The van der Waals surface area contributed by atoms with Gasteiger partial charge in [-0.1, -0.05) is 17.7 Å². The summed E-state index contributed by atoms with van der Waals surface area (Å²) < 4.78 is 23.4. The smallest absolute Gasteiger partial charge is 0.264 e. The zero-order valence-corrected chi connectivity index (χ0v) is 16.7. The Bertz CT molecular complexity index is 1120. The minimum atomic E-state index is -3.85. The average molecular weight is 424 g/mol. The fourth-order valence-electron chi connectivity index (χ4n) is 2.58. The van der Waals surface area contributed by atoms with E-state index in [-0.39, 0.29) is 18.5 Å². The number of halogens is 1. The van der Waals surface area contributed by atoms with Crippen LogP contribution in [0.1, 0.15) is 18.9 Å². The van der Waals surface area contributed by atoms with Gasteiger partial charge in [0.1, 0.15) is 6.07 Å². The topological polar surface area (TPSA) is 129 Å². The molecule has 2 aromatic rings. The van der Waals surface area contributed by atoms with Gasteiger partial charge in [0.2, 0.25) is 0 Å². The third-order valence-corrected chi connectivity index (χ3v) is 7.00. The Labute approximate surface area is 166 Å². The molecule has 2 rings (SSSR count). The number of carbonyl (C=O) groups excluding carboxylic acids is 1. The Morgan fingerprint density at radius 1 is 1.32 bits per heavy atom. The molecule has 1 aromatic heterocycles. The lowest BCUT2D eigenvalue weighted by atomic mass is 10.0. The van der Waals surface area contributed by atoms with Crippen LogP contribution in [0.5, 0.6) is 0 Å². The van der Waals surface area contributed by atoms with Crippen molar-refractivity contribution in [2.45, 2.75) is 24.6 Å². The molecule has 28 heavy (non-hydrogen) atoms. The summed E-state index contributed by atoms with van der Waals surface area (Å²) in [5.74, 6) is -1.06. The first-order valence-corrected chi connectivity index (χ1v) is 10.3. The zero-order valence-electron chi connectivity index (χ0n) is 15.1. The average Bonchev–Trinajstić information content (AvgIpc) is 2.65. The van der Waals surface area contributed by atoms with E-state index in [1.54, 1.807) is 24.3 Å². The van der Waals surface area contributed by atoms with Gasteiger partial charge in [0, 0.05) is 25.1 Å². The molecule has 1 amide bonds. The Hall–Kier alpha value is -2.67. The summed E-state index contributed by atoms with van der Waals surface area (Å²) in [6.45, 7) is 1.13. The number of sulfone groups is 1. The molecule has 0 saturated carbocycles. The normalized spacial score (nSPS) is 13.4. The van der Waals surface area contributed by atoms with E-state index >= 15 is 0 Å². The highest BCUT2D eigenvalue weighted by Gasteiger charge is 2.43. The number of pyridine rings is 1. The van der Waals surface area contributed by atoms with Gasteiger partial charge in [0.15, 0.2) is 14.6 Å². The van der Waals surface area contributed by atoms with Crippen LogP contribution >= 0.6 is 11.6 Å². The highest BCUT2D eigenvalue weighted by molar-refractivity contribution is 7.92. The van der Waals surface area contributed by atoms with Crippen LogP contribution in [-0.4, -0.2) is 35.1 Å². The molecule has 1 aromatic carbocycles. The predicted molar refractivity (Wildman–Crippen MR) is 104 cm³/mol. The van der Waals surface area contributed by atoms with Crippen molar-refractivity contribution in [1.29, 1.82) is 5.26 Å². The number of hydrogen-bond donors (Lipinski definition) is 2. The number of nitriles is 1. The quantitative estimate of drug-likeness (QED) is 0.537. The maximum atomic E-state index is 12.4. The van der Waals surface area contributed by atoms with E-state index in [2.05, 4.69) is 0 Å². The molecule has 0 radical (unpaired) electrons. The van der Waals surface area contributed by atoms with Crippen molar-refractivity contribution in [2.24, 2.45) is 0 Å². The molecule has 1 unspecified atom stereocenters. The van der Waals surface area contributed by atoms with Crippen molar-refractivity contribution in [3.05, 3.63) is 57.5 Å². The molecule has 10 heteroatoms. The molecular weight excluding hydrogens is 406 g/mol. The summed E-state index contributed by atoms with van der Waals surface area (Å²) in [6.07, 6.45) is 2.15. The molecule has 0 fully saturated rings. The minimum Gasteiger partial charge on any atom is -0.315 e. The number of hydrogen-bond acceptors (Lipinski definition) is 6. The molecule has 0 bridgehead atoms. The van der Waals surface area contributed by atoms with Gasteiger partial charge in [-0.05, 0) is 42.7 Å². The van der Waals surface area contributed by atoms with Crippen molar-refractivity contribution in [3.63, 3.8) is 0 Å². The predicted octanol–water partition coefficient (Wildman–Crippen LogP) is 1.74. The standard InChI is InChI=1S/C18H18ClN3O5S/c1-18(17(24)21-25,28(2,26)27)6-8-22-7-5-13(10-16(22)23)12-3-4-15(19)14(9-12)11-20/h3-5,7,9-10,25H,6,8H2,1-2H3,(H,21,24). The van der Waals surface area contributed by atoms with Crippen molar-refractivity contribution >= 4 is 27.3 Å². The lowest BCUT2D eigenvalue weighted by molar-refractivity contribution is -0.131. The molecule has 1 atom stereocenters. The van der Waals surface area contributed by atoms with Crippen LogP contribution in [0.25, 0.3) is 11.1 Å². The number of aromatic nitrogens is 1. The number of carbonyl (C=O) groups is 1. The van der Waals surface area contributed by atoms with E-state index in [1.165, 1.54) is 29.2 Å². The molecule has 0 spiro atoms. The molecule has 2 N–H and O–H groups in total.